The molecule has 16 heavy (non-hydrogen) atoms. The van der Waals surface area contributed by atoms with Crippen LogP contribution in [0.25, 0.3) is 0 Å². The molecule has 0 amide bonds. The Labute approximate surface area is 96.7 Å². The molecule has 0 rings (SSSR count). The van der Waals surface area contributed by atoms with Gasteiger partial charge in [-0.05, 0) is 17.9 Å². The average Bonchev–Trinajstić information content (AvgIpc) is 2.22. The molecule has 0 heterocycles. The highest BCUT2D eigenvalue weighted by atomic mass is 31.2. The lowest BCUT2D eigenvalue weighted by molar-refractivity contribution is -0.0552. The van der Waals surface area contributed by atoms with Gasteiger partial charge in [0.2, 0.25) is 0 Å². The second kappa shape index (κ2) is 9.11. The van der Waals surface area contributed by atoms with E-state index in [1.165, 1.54) is 19.3 Å². The normalized spacial score (nSPS) is 17.0. The van der Waals surface area contributed by atoms with Crippen molar-refractivity contribution in [2.45, 2.75) is 64.9 Å². The zero-order valence-electron chi connectivity index (χ0n) is 10.0. The standard InChI is InChI=1S/C10H22FO4P/c1-3-4-5-6-7-8-9-10(2)14-16(12,13)15-11/h10H,3-9H2,1-2H3,(H,12,13). The van der Waals surface area contributed by atoms with E-state index in [4.69, 9.17) is 4.89 Å². The summed E-state index contributed by atoms with van der Waals surface area (Å²) < 4.78 is 29.6. The van der Waals surface area contributed by atoms with E-state index >= 15 is 0 Å². The van der Waals surface area contributed by atoms with Gasteiger partial charge < -0.3 is 4.89 Å². The van der Waals surface area contributed by atoms with Crippen LogP contribution in [0.1, 0.15) is 58.8 Å². The molecule has 0 bridgehead atoms. The maximum Gasteiger partial charge on any atom is 0.503 e. The molecule has 1 N–H and O–H groups in total. The molecule has 6 heteroatoms. The molecule has 0 aromatic rings. The van der Waals surface area contributed by atoms with Crippen LogP contribution in [0.2, 0.25) is 0 Å². The minimum Gasteiger partial charge on any atom is -0.301 e. The fourth-order valence-corrected chi connectivity index (χ4v) is 2.10. The van der Waals surface area contributed by atoms with Crippen LogP contribution >= 0.6 is 7.82 Å². The molecule has 0 aliphatic heterocycles. The van der Waals surface area contributed by atoms with E-state index in [0.717, 1.165) is 19.3 Å². The molecule has 0 saturated heterocycles. The summed E-state index contributed by atoms with van der Waals surface area (Å²) in [6.07, 6.45) is 7.00. The van der Waals surface area contributed by atoms with Gasteiger partial charge in [0.1, 0.15) is 0 Å². The van der Waals surface area contributed by atoms with Gasteiger partial charge in [0.25, 0.3) is 0 Å². The lowest BCUT2D eigenvalue weighted by atomic mass is 10.1. The summed E-state index contributed by atoms with van der Waals surface area (Å²) in [5.74, 6) is 0. The number of hydrogen-bond acceptors (Lipinski definition) is 3. The van der Waals surface area contributed by atoms with Crippen LogP contribution in [0, 0.1) is 0 Å². The van der Waals surface area contributed by atoms with Gasteiger partial charge >= 0.3 is 7.82 Å². The van der Waals surface area contributed by atoms with Gasteiger partial charge in [0, 0.05) is 0 Å². The lowest BCUT2D eigenvalue weighted by Crippen LogP contribution is -2.06. The molecule has 2 atom stereocenters. The van der Waals surface area contributed by atoms with Gasteiger partial charge in [0.15, 0.2) is 0 Å². The predicted molar refractivity (Wildman–Crippen MR) is 60.6 cm³/mol. The van der Waals surface area contributed by atoms with Gasteiger partial charge in [-0.25, -0.2) is 4.57 Å². The Morgan fingerprint density at radius 3 is 2.38 bits per heavy atom. The zero-order valence-corrected chi connectivity index (χ0v) is 10.9. The van der Waals surface area contributed by atoms with Crippen molar-refractivity contribution in [3.05, 3.63) is 0 Å². The molecule has 0 fully saturated rings. The molecular weight excluding hydrogens is 234 g/mol. The first-order chi connectivity index (χ1) is 7.52. The summed E-state index contributed by atoms with van der Waals surface area (Å²) in [4.78, 5) is 8.70. The van der Waals surface area contributed by atoms with Crippen LogP contribution in [0.15, 0.2) is 0 Å². The summed E-state index contributed by atoms with van der Waals surface area (Å²) in [5.41, 5.74) is 0. The minimum atomic E-state index is -4.46. The number of hydrogen-bond donors (Lipinski definition) is 1. The Morgan fingerprint density at radius 2 is 1.81 bits per heavy atom. The molecule has 0 aliphatic carbocycles. The Kier molecular flexibility index (Phi) is 9.13. The van der Waals surface area contributed by atoms with Gasteiger partial charge in [-0.1, -0.05) is 50.2 Å². The van der Waals surface area contributed by atoms with E-state index in [0.29, 0.717) is 6.42 Å². The van der Waals surface area contributed by atoms with E-state index < -0.39 is 13.9 Å². The minimum absolute atomic E-state index is 0.460. The SMILES string of the molecule is CCCCCCCCC(C)OP(=O)(O)OF. The summed E-state index contributed by atoms with van der Waals surface area (Å²) in [7, 11) is -4.46. The first-order valence-corrected chi connectivity index (χ1v) is 7.33. The van der Waals surface area contributed by atoms with Gasteiger partial charge in [-0.2, -0.15) is 0 Å². The molecule has 0 aliphatic rings. The third-order valence-electron chi connectivity index (χ3n) is 2.36. The van der Waals surface area contributed by atoms with Crippen LogP contribution in [-0.4, -0.2) is 11.0 Å². The van der Waals surface area contributed by atoms with Crippen molar-refractivity contribution in [1.29, 1.82) is 0 Å². The third-order valence-corrected chi connectivity index (χ3v) is 3.17. The summed E-state index contributed by atoms with van der Waals surface area (Å²) >= 11 is 0. The molecule has 0 aromatic heterocycles. The number of phosphoric ester groups is 1. The topological polar surface area (TPSA) is 55.8 Å². The average molecular weight is 256 g/mol. The summed E-state index contributed by atoms with van der Waals surface area (Å²) in [6.45, 7) is 3.79. The number of rotatable bonds is 10. The maximum absolute atomic E-state index is 11.5. The fraction of sp³-hybridized carbons (Fsp3) is 1.00. The van der Waals surface area contributed by atoms with Crippen molar-refractivity contribution in [3.8, 4) is 0 Å². The molecule has 0 spiro atoms. The van der Waals surface area contributed by atoms with Crippen molar-refractivity contribution in [3.63, 3.8) is 0 Å². The predicted octanol–water partition coefficient (Wildman–Crippen LogP) is 4.14. The third kappa shape index (κ3) is 9.28. The van der Waals surface area contributed by atoms with E-state index in [-0.39, 0.29) is 0 Å². The summed E-state index contributed by atoms with van der Waals surface area (Å²) in [6, 6.07) is 0. The van der Waals surface area contributed by atoms with Crippen molar-refractivity contribution in [2.24, 2.45) is 0 Å². The largest absolute Gasteiger partial charge is 0.503 e. The maximum atomic E-state index is 11.5. The van der Waals surface area contributed by atoms with Crippen molar-refractivity contribution in [1.82, 2.24) is 0 Å². The highest BCUT2D eigenvalue weighted by Gasteiger charge is 2.25. The molecule has 0 radical (unpaired) electrons. The first-order valence-electron chi connectivity index (χ1n) is 5.83. The van der Waals surface area contributed by atoms with Crippen LogP contribution in [0.3, 0.4) is 0 Å². The monoisotopic (exact) mass is 256 g/mol. The second-order valence-electron chi connectivity index (χ2n) is 4.01. The second-order valence-corrected chi connectivity index (χ2v) is 5.30. The first kappa shape index (κ1) is 16.0. The van der Waals surface area contributed by atoms with Gasteiger partial charge in [-0.3, -0.25) is 4.52 Å². The van der Waals surface area contributed by atoms with Crippen LogP contribution < -0.4 is 0 Å². The lowest BCUT2D eigenvalue weighted by Gasteiger charge is -2.13. The van der Waals surface area contributed by atoms with Crippen LogP contribution in [0.4, 0.5) is 4.53 Å². The number of phosphoric acid groups is 1. The smallest absolute Gasteiger partial charge is 0.301 e. The van der Waals surface area contributed by atoms with Crippen LogP contribution in [0.5, 0.6) is 0 Å². The van der Waals surface area contributed by atoms with Crippen LogP contribution in [-0.2, 0) is 13.8 Å². The molecule has 98 valence electrons. The Balaban J connectivity index is 3.44. The fourth-order valence-electron chi connectivity index (χ4n) is 1.51. The van der Waals surface area contributed by atoms with E-state index in [1.54, 1.807) is 6.92 Å². The molecular formula is C10H22FO4P. The van der Waals surface area contributed by atoms with Crippen molar-refractivity contribution < 1.29 is 23.2 Å². The molecule has 0 aromatic carbocycles. The molecule has 0 saturated carbocycles. The molecule has 4 nitrogen and oxygen atoms in total. The molecule has 2 unspecified atom stereocenters. The summed E-state index contributed by atoms with van der Waals surface area (Å²) in [5, 5.41) is 0. The van der Waals surface area contributed by atoms with Crippen molar-refractivity contribution in [2.75, 3.05) is 0 Å². The Morgan fingerprint density at radius 1 is 1.25 bits per heavy atom. The number of halogens is 1. The van der Waals surface area contributed by atoms with E-state index in [1.807, 2.05) is 0 Å². The Hall–Kier alpha value is 0.0400. The highest BCUT2D eigenvalue weighted by Crippen LogP contribution is 2.45. The quantitative estimate of drug-likeness (QED) is 0.471. The van der Waals surface area contributed by atoms with E-state index in [2.05, 4.69) is 16.2 Å². The van der Waals surface area contributed by atoms with E-state index in [9.17, 15) is 9.09 Å². The van der Waals surface area contributed by atoms with Crippen molar-refractivity contribution >= 4 is 7.82 Å². The Bertz CT molecular complexity index is 213. The zero-order chi connectivity index (χ0) is 12.4. The highest BCUT2D eigenvalue weighted by molar-refractivity contribution is 7.47. The number of unbranched alkanes of at least 4 members (excludes halogenated alkanes) is 5. The van der Waals surface area contributed by atoms with Gasteiger partial charge in [0.05, 0.1) is 6.10 Å². The van der Waals surface area contributed by atoms with Gasteiger partial charge in [-0.15, -0.1) is 0 Å².